The number of carbonyl (C=O) groups is 3. The van der Waals surface area contributed by atoms with E-state index in [0.29, 0.717) is 13.0 Å². The number of aromatic nitrogens is 2. The summed E-state index contributed by atoms with van der Waals surface area (Å²) in [5.74, 6) is -1.77. The van der Waals surface area contributed by atoms with Gasteiger partial charge in [0.05, 0.1) is 12.1 Å². The summed E-state index contributed by atoms with van der Waals surface area (Å²) < 4.78 is 11.7. The first-order chi connectivity index (χ1) is 17.7. The van der Waals surface area contributed by atoms with E-state index in [-0.39, 0.29) is 24.1 Å². The van der Waals surface area contributed by atoms with E-state index < -0.39 is 42.9 Å². The highest BCUT2D eigenvalue weighted by Gasteiger charge is 2.41. The van der Waals surface area contributed by atoms with Crippen molar-refractivity contribution in [1.29, 1.82) is 0 Å². The Hall–Kier alpha value is -3.31. The van der Waals surface area contributed by atoms with Crippen molar-refractivity contribution in [1.82, 2.24) is 25.5 Å². The second-order valence-corrected chi connectivity index (χ2v) is 9.88. The molecule has 37 heavy (non-hydrogen) atoms. The molecule has 4 atom stereocenters. The zero-order valence-electron chi connectivity index (χ0n) is 22.1. The Labute approximate surface area is 218 Å². The summed E-state index contributed by atoms with van der Waals surface area (Å²) in [7, 11) is 0.896. The van der Waals surface area contributed by atoms with Crippen LogP contribution in [0.5, 0.6) is 0 Å². The van der Waals surface area contributed by atoms with E-state index in [0.717, 1.165) is 5.56 Å². The van der Waals surface area contributed by atoms with E-state index in [1.165, 1.54) is 18.6 Å². The zero-order chi connectivity index (χ0) is 26.9. The average molecular weight is 509 g/mol. The van der Waals surface area contributed by atoms with Crippen molar-refractivity contribution in [2.24, 2.45) is 5.92 Å². The molecule has 0 bridgehead atoms. The van der Waals surface area contributed by atoms with Crippen LogP contribution in [0.4, 0.5) is 0 Å². The Balaban J connectivity index is 1.82. The van der Waals surface area contributed by atoms with Crippen LogP contribution in [0.1, 0.15) is 50.2 Å². The SMILES string of the molecule is CC(C)C[C@H](NC(=O)[C@H](Cc1ccccc1)NC(=O)c1cnccn1)B1OC[C@H](C)N(C)[C@@H](C)C(=O)O1. The Morgan fingerprint density at radius 1 is 1.16 bits per heavy atom. The van der Waals surface area contributed by atoms with Gasteiger partial charge < -0.3 is 19.9 Å². The van der Waals surface area contributed by atoms with E-state index in [9.17, 15) is 14.4 Å². The predicted octanol–water partition coefficient (Wildman–Crippen LogP) is 1.66. The molecule has 3 rings (SSSR count). The van der Waals surface area contributed by atoms with Crippen LogP contribution in [-0.4, -0.2) is 77.5 Å². The highest BCUT2D eigenvalue weighted by molar-refractivity contribution is 6.49. The molecule has 2 heterocycles. The maximum atomic E-state index is 13.6. The van der Waals surface area contributed by atoms with Gasteiger partial charge in [-0.25, -0.2) is 4.98 Å². The fourth-order valence-electron chi connectivity index (χ4n) is 4.08. The lowest BCUT2D eigenvalue weighted by Crippen LogP contribution is -2.59. The number of carbonyl (C=O) groups excluding carboxylic acids is 3. The van der Waals surface area contributed by atoms with Crippen LogP contribution in [0.15, 0.2) is 48.9 Å². The molecule has 0 spiro atoms. The first-order valence-corrected chi connectivity index (χ1v) is 12.6. The number of rotatable bonds is 9. The summed E-state index contributed by atoms with van der Waals surface area (Å²) in [5.41, 5.74) is 0.985. The minimum absolute atomic E-state index is 0.0159. The summed E-state index contributed by atoms with van der Waals surface area (Å²) in [6, 6.07) is 8.04. The molecule has 2 aromatic rings. The number of hydrogen-bond donors (Lipinski definition) is 2. The van der Waals surface area contributed by atoms with Gasteiger partial charge >= 0.3 is 13.1 Å². The number of likely N-dealkylation sites (N-methyl/N-ethyl adjacent to an activating group) is 1. The van der Waals surface area contributed by atoms with Gasteiger partial charge in [-0.3, -0.25) is 24.3 Å². The Bertz CT molecular complexity index is 1040. The average Bonchev–Trinajstić information content (AvgIpc) is 2.89. The maximum Gasteiger partial charge on any atom is 0.551 e. The third-order valence-corrected chi connectivity index (χ3v) is 6.46. The van der Waals surface area contributed by atoms with Gasteiger partial charge in [0.15, 0.2) is 0 Å². The highest BCUT2D eigenvalue weighted by Crippen LogP contribution is 2.17. The zero-order valence-corrected chi connectivity index (χ0v) is 22.1. The van der Waals surface area contributed by atoms with E-state index >= 15 is 0 Å². The molecule has 10 nitrogen and oxygen atoms in total. The molecule has 1 aliphatic heterocycles. The second-order valence-electron chi connectivity index (χ2n) is 9.88. The van der Waals surface area contributed by atoms with Crippen LogP contribution in [-0.2, 0) is 25.3 Å². The summed E-state index contributed by atoms with van der Waals surface area (Å²) >= 11 is 0. The van der Waals surface area contributed by atoms with Crippen LogP contribution in [0, 0.1) is 5.92 Å². The topological polar surface area (TPSA) is 123 Å². The third kappa shape index (κ3) is 8.09. The monoisotopic (exact) mass is 509 g/mol. The number of nitrogens with one attached hydrogen (secondary N) is 2. The molecular formula is C26H36BN5O5. The number of benzene rings is 1. The summed E-state index contributed by atoms with van der Waals surface area (Å²) in [5, 5.41) is 5.78. The van der Waals surface area contributed by atoms with Crippen LogP contribution in [0.3, 0.4) is 0 Å². The summed E-state index contributed by atoms with van der Waals surface area (Å²) in [6.07, 6.45) is 5.00. The summed E-state index contributed by atoms with van der Waals surface area (Å²) in [4.78, 5) is 49.1. The molecular weight excluding hydrogens is 473 g/mol. The standard InChI is InChI=1S/C26H36BN5O5/c1-17(2)13-23(27-36-16-18(3)32(5)19(4)26(35)37-27)31-24(33)21(14-20-9-7-6-8-10-20)30-25(34)22-15-28-11-12-29-22/h6-12,15,17-19,21,23H,13-14,16H2,1-5H3,(H,30,34)(H,31,33)/t18-,19-,21-,23-/m0/s1. The Kier molecular flexibility index (Phi) is 10.2. The fourth-order valence-corrected chi connectivity index (χ4v) is 4.08. The van der Waals surface area contributed by atoms with Crippen molar-refractivity contribution in [3.63, 3.8) is 0 Å². The van der Waals surface area contributed by atoms with Crippen molar-refractivity contribution >= 4 is 24.9 Å². The molecule has 0 saturated carbocycles. The first kappa shape index (κ1) is 28.3. The molecule has 198 valence electrons. The van der Waals surface area contributed by atoms with Gasteiger partial charge in [0, 0.05) is 31.5 Å². The number of nitrogens with zero attached hydrogens (tertiary/aromatic N) is 3. The van der Waals surface area contributed by atoms with Crippen molar-refractivity contribution < 1.29 is 23.7 Å². The molecule has 2 N–H and O–H groups in total. The fraction of sp³-hybridized carbons (Fsp3) is 0.500. The quantitative estimate of drug-likeness (QED) is 0.490. The first-order valence-electron chi connectivity index (χ1n) is 12.6. The lowest BCUT2D eigenvalue weighted by Gasteiger charge is -2.36. The largest absolute Gasteiger partial charge is 0.551 e. The van der Waals surface area contributed by atoms with E-state index in [4.69, 9.17) is 9.31 Å². The molecule has 0 radical (unpaired) electrons. The maximum absolute atomic E-state index is 13.6. The Morgan fingerprint density at radius 3 is 2.54 bits per heavy atom. The van der Waals surface area contributed by atoms with E-state index in [1.54, 1.807) is 6.92 Å². The van der Waals surface area contributed by atoms with Gasteiger partial charge in [0.25, 0.3) is 5.91 Å². The second kappa shape index (κ2) is 13.3. The molecule has 0 unspecified atom stereocenters. The van der Waals surface area contributed by atoms with Gasteiger partial charge in [-0.05, 0) is 38.8 Å². The predicted molar refractivity (Wildman–Crippen MR) is 139 cm³/mol. The smallest absolute Gasteiger partial charge is 0.507 e. The molecule has 2 amide bonds. The van der Waals surface area contributed by atoms with E-state index in [2.05, 4.69) is 20.6 Å². The minimum atomic E-state index is -0.953. The lowest BCUT2D eigenvalue weighted by atomic mass is 9.73. The van der Waals surface area contributed by atoms with Gasteiger partial charge in [-0.1, -0.05) is 44.2 Å². The minimum Gasteiger partial charge on any atom is -0.507 e. The van der Waals surface area contributed by atoms with Crippen LogP contribution >= 0.6 is 0 Å². The van der Waals surface area contributed by atoms with Crippen LogP contribution in [0.2, 0.25) is 0 Å². The molecule has 1 fully saturated rings. The Morgan fingerprint density at radius 2 is 1.89 bits per heavy atom. The molecule has 1 saturated heterocycles. The van der Waals surface area contributed by atoms with Crippen molar-refractivity contribution in [2.45, 2.75) is 64.6 Å². The number of hydrogen-bond acceptors (Lipinski definition) is 8. The molecule has 1 aromatic carbocycles. The molecule has 0 aliphatic carbocycles. The van der Waals surface area contributed by atoms with Gasteiger partial charge in [-0.15, -0.1) is 0 Å². The van der Waals surface area contributed by atoms with Gasteiger partial charge in [0.2, 0.25) is 5.91 Å². The van der Waals surface area contributed by atoms with Crippen molar-refractivity contribution in [3.8, 4) is 0 Å². The number of amides is 2. The molecule has 1 aromatic heterocycles. The van der Waals surface area contributed by atoms with E-state index in [1.807, 2.05) is 63.1 Å². The van der Waals surface area contributed by atoms with Crippen LogP contribution in [0.25, 0.3) is 0 Å². The van der Waals surface area contributed by atoms with Crippen LogP contribution < -0.4 is 10.6 Å². The normalized spacial score (nSPS) is 20.4. The lowest BCUT2D eigenvalue weighted by molar-refractivity contribution is -0.144. The molecule has 1 aliphatic rings. The highest BCUT2D eigenvalue weighted by atomic mass is 16.6. The van der Waals surface area contributed by atoms with Gasteiger partial charge in [-0.2, -0.15) is 0 Å². The third-order valence-electron chi connectivity index (χ3n) is 6.46. The van der Waals surface area contributed by atoms with Crippen molar-refractivity contribution in [2.75, 3.05) is 13.7 Å². The summed E-state index contributed by atoms with van der Waals surface area (Å²) in [6.45, 7) is 8.12. The molecule has 11 heteroatoms. The van der Waals surface area contributed by atoms with Crippen molar-refractivity contribution in [3.05, 3.63) is 60.2 Å². The van der Waals surface area contributed by atoms with Gasteiger partial charge in [0.1, 0.15) is 17.8 Å².